The molecule has 0 aliphatic rings. The predicted molar refractivity (Wildman–Crippen MR) is 104 cm³/mol. The molecule has 27 heavy (non-hydrogen) atoms. The van der Waals surface area contributed by atoms with Crippen LogP contribution in [-0.2, 0) is 4.74 Å². The molecule has 0 bridgehead atoms. The third kappa shape index (κ3) is 2.99. The minimum atomic E-state index is -0.821. The summed E-state index contributed by atoms with van der Waals surface area (Å²) in [5.41, 5.74) is 9.07. The Morgan fingerprint density at radius 3 is 2.74 bits per heavy atom. The van der Waals surface area contributed by atoms with Gasteiger partial charge in [0.2, 0.25) is 0 Å². The molecule has 7 heteroatoms. The number of H-pyrrole nitrogens is 2. The molecular formula is C20H17N3O4. The molecule has 0 unspecified atom stereocenters. The van der Waals surface area contributed by atoms with E-state index in [4.69, 9.17) is 15.2 Å². The van der Waals surface area contributed by atoms with Crippen molar-refractivity contribution in [2.75, 3.05) is 12.3 Å². The Labute approximate surface area is 153 Å². The van der Waals surface area contributed by atoms with Crippen LogP contribution in [0.15, 0.2) is 53.5 Å². The number of benzene rings is 2. The standard InChI is InChI=1S/C20H17N3O4/c1-2-26-20(25)27-16-10-22-18-17(16)14-9-12(6-7-15(14)23-19(18)24)11-4-3-5-13(21)8-11/h3-10,22H,2,21H2,1H3,(H,23,24). The summed E-state index contributed by atoms with van der Waals surface area (Å²) in [6, 6.07) is 13.2. The zero-order valence-electron chi connectivity index (χ0n) is 14.5. The van der Waals surface area contributed by atoms with E-state index in [9.17, 15) is 9.59 Å². The maximum absolute atomic E-state index is 12.3. The van der Waals surface area contributed by atoms with E-state index in [1.807, 2.05) is 42.5 Å². The summed E-state index contributed by atoms with van der Waals surface area (Å²) < 4.78 is 10.1. The van der Waals surface area contributed by atoms with Crippen molar-refractivity contribution in [1.82, 2.24) is 9.97 Å². The summed E-state index contributed by atoms with van der Waals surface area (Å²) in [4.78, 5) is 29.8. The van der Waals surface area contributed by atoms with E-state index in [-0.39, 0.29) is 17.9 Å². The number of nitrogen functional groups attached to an aromatic ring is 1. The van der Waals surface area contributed by atoms with Gasteiger partial charge in [-0.25, -0.2) is 4.79 Å². The first-order chi connectivity index (χ1) is 13.1. The second-order valence-corrected chi connectivity index (χ2v) is 6.03. The van der Waals surface area contributed by atoms with E-state index >= 15 is 0 Å². The van der Waals surface area contributed by atoms with Crippen molar-refractivity contribution in [2.24, 2.45) is 0 Å². The van der Waals surface area contributed by atoms with E-state index in [1.54, 1.807) is 6.92 Å². The number of pyridine rings is 1. The lowest BCUT2D eigenvalue weighted by atomic mass is 10.0. The number of carbonyl (C=O) groups excluding carboxylic acids is 1. The van der Waals surface area contributed by atoms with Gasteiger partial charge in [0.05, 0.1) is 12.0 Å². The topological polar surface area (TPSA) is 110 Å². The van der Waals surface area contributed by atoms with Gasteiger partial charge in [-0.05, 0) is 42.3 Å². The molecule has 0 radical (unpaired) electrons. The maximum atomic E-state index is 12.3. The summed E-state index contributed by atoms with van der Waals surface area (Å²) in [5, 5.41) is 1.26. The molecule has 4 N–H and O–H groups in total. The van der Waals surface area contributed by atoms with Gasteiger partial charge in [0.25, 0.3) is 5.56 Å². The number of ether oxygens (including phenoxy) is 2. The second kappa shape index (κ2) is 6.53. The molecule has 4 rings (SSSR count). The molecule has 0 aliphatic heterocycles. The van der Waals surface area contributed by atoms with Crippen LogP contribution in [-0.4, -0.2) is 22.7 Å². The molecule has 0 amide bonds. The molecule has 7 nitrogen and oxygen atoms in total. The van der Waals surface area contributed by atoms with Gasteiger partial charge in [-0.2, -0.15) is 0 Å². The number of hydrogen-bond donors (Lipinski definition) is 3. The van der Waals surface area contributed by atoms with Crippen molar-refractivity contribution in [2.45, 2.75) is 6.92 Å². The van der Waals surface area contributed by atoms with Gasteiger partial charge in [0.15, 0.2) is 5.75 Å². The number of anilines is 1. The largest absolute Gasteiger partial charge is 0.513 e. The molecule has 4 aromatic rings. The van der Waals surface area contributed by atoms with Crippen LogP contribution in [0, 0.1) is 0 Å². The Balaban J connectivity index is 1.94. The fourth-order valence-electron chi connectivity index (χ4n) is 3.11. The average molecular weight is 363 g/mol. The van der Waals surface area contributed by atoms with E-state index in [1.165, 1.54) is 6.20 Å². The summed E-state index contributed by atoms with van der Waals surface area (Å²) in [6.07, 6.45) is 0.655. The van der Waals surface area contributed by atoms with Crippen LogP contribution in [0.4, 0.5) is 10.5 Å². The van der Waals surface area contributed by atoms with Gasteiger partial charge in [0, 0.05) is 22.8 Å². The Morgan fingerprint density at radius 2 is 1.96 bits per heavy atom. The highest BCUT2D eigenvalue weighted by Gasteiger charge is 2.16. The highest BCUT2D eigenvalue weighted by Crippen LogP contribution is 2.33. The van der Waals surface area contributed by atoms with E-state index in [0.717, 1.165) is 16.5 Å². The lowest BCUT2D eigenvalue weighted by Crippen LogP contribution is -2.10. The van der Waals surface area contributed by atoms with E-state index in [2.05, 4.69) is 9.97 Å². The lowest BCUT2D eigenvalue weighted by Gasteiger charge is -2.08. The van der Waals surface area contributed by atoms with E-state index < -0.39 is 6.16 Å². The number of fused-ring (bicyclic) bond motifs is 3. The van der Waals surface area contributed by atoms with Crippen molar-refractivity contribution in [3.05, 3.63) is 59.0 Å². The van der Waals surface area contributed by atoms with Gasteiger partial charge < -0.3 is 25.2 Å². The van der Waals surface area contributed by atoms with E-state index in [0.29, 0.717) is 22.1 Å². The lowest BCUT2D eigenvalue weighted by molar-refractivity contribution is 0.105. The molecular weight excluding hydrogens is 346 g/mol. The average Bonchev–Trinajstić information content (AvgIpc) is 3.06. The quantitative estimate of drug-likeness (QED) is 0.379. The van der Waals surface area contributed by atoms with Crippen LogP contribution in [0.1, 0.15) is 6.92 Å². The highest BCUT2D eigenvalue weighted by molar-refractivity contribution is 6.09. The zero-order valence-corrected chi connectivity index (χ0v) is 14.5. The van der Waals surface area contributed by atoms with Crippen LogP contribution in [0.2, 0.25) is 0 Å². The van der Waals surface area contributed by atoms with Crippen LogP contribution < -0.4 is 16.0 Å². The monoisotopic (exact) mass is 363 g/mol. The molecule has 2 aromatic heterocycles. The number of carbonyl (C=O) groups is 1. The van der Waals surface area contributed by atoms with Crippen molar-refractivity contribution in [3.8, 4) is 16.9 Å². The molecule has 2 heterocycles. The van der Waals surface area contributed by atoms with Crippen LogP contribution in [0.5, 0.6) is 5.75 Å². The zero-order chi connectivity index (χ0) is 19.0. The molecule has 0 saturated carbocycles. The molecule has 0 fully saturated rings. The summed E-state index contributed by atoms with van der Waals surface area (Å²) in [6.45, 7) is 1.89. The van der Waals surface area contributed by atoms with Crippen LogP contribution in [0.3, 0.4) is 0 Å². The molecule has 0 atom stereocenters. The summed E-state index contributed by atoms with van der Waals surface area (Å²) in [5.74, 6) is 0.240. The first kappa shape index (κ1) is 16.7. The number of aromatic amines is 2. The first-order valence-corrected chi connectivity index (χ1v) is 8.44. The molecule has 0 saturated heterocycles. The number of nitrogens with one attached hydrogen (secondary N) is 2. The predicted octanol–water partition coefficient (Wildman–Crippen LogP) is 3.79. The smallest absolute Gasteiger partial charge is 0.434 e. The summed E-state index contributed by atoms with van der Waals surface area (Å²) in [7, 11) is 0. The van der Waals surface area contributed by atoms with Gasteiger partial charge in [-0.3, -0.25) is 4.79 Å². The number of aromatic nitrogens is 2. The maximum Gasteiger partial charge on any atom is 0.513 e. The molecule has 2 aromatic carbocycles. The second-order valence-electron chi connectivity index (χ2n) is 6.03. The molecule has 0 spiro atoms. The number of nitrogens with two attached hydrogens (primary N) is 1. The minimum absolute atomic E-state index is 0.197. The number of rotatable bonds is 3. The molecule has 136 valence electrons. The van der Waals surface area contributed by atoms with Crippen molar-refractivity contribution >= 4 is 33.6 Å². The normalized spacial score (nSPS) is 11.0. The van der Waals surface area contributed by atoms with Gasteiger partial charge in [-0.15, -0.1) is 0 Å². The first-order valence-electron chi connectivity index (χ1n) is 8.44. The SMILES string of the molecule is CCOC(=O)Oc1c[nH]c2c(=O)[nH]c3ccc(-c4cccc(N)c4)cc3c12. The van der Waals surface area contributed by atoms with Crippen molar-refractivity contribution in [3.63, 3.8) is 0 Å². The molecule has 0 aliphatic carbocycles. The fourth-order valence-corrected chi connectivity index (χ4v) is 3.11. The Kier molecular flexibility index (Phi) is 4.04. The third-order valence-corrected chi connectivity index (χ3v) is 4.28. The fraction of sp³-hybridized carbons (Fsp3) is 0.100. The van der Waals surface area contributed by atoms with Crippen molar-refractivity contribution < 1.29 is 14.3 Å². The Hall–Kier alpha value is -3.74. The van der Waals surface area contributed by atoms with Crippen molar-refractivity contribution in [1.29, 1.82) is 0 Å². The number of hydrogen-bond acceptors (Lipinski definition) is 5. The minimum Gasteiger partial charge on any atom is -0.434 e. The van der Waals surface area contributed by atoms with Crippen LogP contribution in [0.25, 0.3) is 32.9 Å². The van der Waals surface area contributed by atoms with Gasteiger partial charge in [-0.1, -0.05) is 18.2 Å². The summed E-state index contributed by atoms with van der Waals surface area (Å²) >= 11 is 0. The van der Waals surface area contributed by atoms with Gasteiger partial charge in [0.1, 0.15) is 5.52 Å². The Bertz CT molecular complexity index is 1220. The third-order valence-electron chi connectivity index (χ3n) is 4.28. The highest BCUT2D eigenvalue weighted by atomic mass is 16.7. The Morgan fingerprint density at radius 1 is 1.15 bits per heavy atom. The van der Waals surface area contributed by atoms with Crippen LogP contribution >= 0.6 is 0 Å². The van der Waals surface area contributed by atoms with Gasteiger partial charge >= 0.3 is 6.16 Å².